The molecule has 1 fully saturated rings. The molecule has 2 rings (SSSR count). The fourth-order valence-electron chi connectivity index (χ4n) is 2.31. The number of morpholine rings is 1. The van der Waals surface area contributed by atoms with Crippen LogP contribution in [0.25, 0.3) is 0 Å². The monoisotopic (exact) mass is 383 g/mol. The van der Waals surface area contributed by atoms with Crippen molar-refractivity contribution in [2.75, 3.05) is 45.9 Å². The third-order valence-electron chi connectivity index (χ3n) is 3.57. The van der Waals surface area contributed by atoms with E-state index in [4.69, 9.17) is 4.74 Å². The molecule has 2 N–H and O–H groups in total. The van der Waals surface area contributed by atoms with Gasteiger partial charge < -0.3 is 15.4 Å². The van der Waals surface area contributed by atoms with Gasteiger partial charge in [0.2, 0.25) is 5.91 Å². The van der Waals surface area contributed by atoms with Crippen LogP contribution in [0.3, 0.4) is 0 Å². The van der Waals surface area contributed by atoms with E-state index in [1.54, 1.807) is 18.2 Å². The number of benzene rings is 1. The molecule has 126 valence electrons. The van der Waals surface area contributed by atoms with Crippen LogP contribution in [0.1, 0.15) is 16.8 Å². The first-order valence-corrected chi connectivity index (χ1v) is 8.55. The number of rotatable bonds is 7. The molecule has 1 aliphatic heterocycles. The predicted molar refractivity (Wildman–Crippen MR) is 91.4 cm³/mol. The highest BCUT2D eigenvalue weighted by molar-refractivity contribution is 9.10. The van der Waals surface area contributed by atoms with Gasteiger partial charge in [-0.1, -0.05) is 22.0 Å². The van der Waals surface area contributed by atoms with E-state index in [0.29, 0.717) is 12.1 Å². The van der Waals surface area contributed by atoms with E-state index in [2.05, 4.69) is 31.5 Å². The normalized spacial score (nSPS) is 15.2. The lowest BCUT2D eigenvalue weighted by molar-refractivity contribution is -0.120. The molecule has 1 saturated heterocycles. The standard InChI is InChI=1S/C16H22BrN3O3/c17-14-4-1-3-13(11-14)16(22)19-12-15(21)18-5-2-6-20-7-9-23-10-8-20/h1,3-4,11H,2,5-10,12H2,(H,18,21)(H,19,22). The highest BCUT2D eigenvalue weighted by atomic mass is 79.9. The van der Waals surface area contributed by atoms with Gasteiger partial charge in [-0.05, 0) is 31.2 Å². The highest BCUT2D eigenvalue weighted by Gasteiger charge is 2.10. The minimum atomic E-state index is -0.255. The largest absolute Gasteiger partial charge is 0.379 e. The van der Waals surface area contributed by atoms with Gasteiger partial charge in [-0.15, -0.1) is 0 Å². The molecule has 0 radical (unpaired) electrons. The molecule has 1 aromatic carbocycles. The Kier molecular flexibility index (Phi) is 7.51. The molecule has 0 unspecified atom stereocenters. The lowest BCUT2D eigenvalue weighted by Gasteiger charge is -2.26. The van der Waals surface area contributed by atoms with Gasteiger partial charge in [-0.25, -0.2) is 0 Å². The number of hydrogen-bond donors (Lipinski definition) is 2. The Morgan fingerprint density at radius 2 is 2.00 bits per heavy atom. The average Bonchev–Trinajstić information content (AvgIpc) is 2.57. The highest BCUT2D eigenvalue weighted by Crippen LogP contribution is 2.11. The first-order valence-electron chi connectivity index (χ1n) is 7.76. The molecular weight excluding hydrogens is 362 g/mol. The van der Waals surface area contributed by atoms with Crippen molar-refractivity contribution in [3.05, 3.63) is 34.3 Å². The first kappa shape index (κ1) is 17.9. The predicted octanol–water partition coefficient (Wildman–Crippen LogP) is 1.02. The second-order valence-electron chi connectivity index (χ2n) is 5.35. The molecular formula is C16H22BrN3O3. The summed E-state index contributed by atoms with van der Waals surface area (Å²) in [7, 11) is 0. The summed E-state index contributed by atoms with van der Waals surface area (Å²) >= 11 is 3.31. The number of nitrogens with zero attached hydrogens (tertiary/aromatic N) is 1. The molecule has 23 heavy (non-hydrogen) atoms. The molecule has 6 nitrogen and oxygen atoms in total. The maximum atomic E-state index is 11.9. The summed E-state index contributed by atoms with van der Waals surface area (Å²) in [5, 5.41) is 5.44. The van der Waals surface area contributed by atoms with Gasteiger partial charge in [-0.3, -0.25) is 14.5 Å². The summed E-state index contributed by atoms with van der Waals surface area (Å²) in [6, 6.07) is 7.05. The van der Waals surface area contributed by atoms with Crippen molar-refractivity contribution in [3.8, 4) is 0 Å². The van der Waals surface area contributed by atoms with Gasteiger partial charge in [0.1, 0.15) is 0 Å². The molecule has 0 aliphatic carbocycles. The second kappa shape index (κ2) is 9.64. The topological polar surface area (TPSA) is 70.7 Å². The maximum absolute atomic E-state index is 11.9. The van der Waals surface area contributed by atoms with Crippen molar-refractivity contribution in [1.29, 1.82) is 0 Å². The fraction of sp³-hybridized carbons (Fsp3) is 0.500. The molecule has 0 bridgehead atoms. The third-order valence-corrected chi connectivity index (χ3v) is 4.07. The first-order chi connectivity index (χ1) is 11.1. The maximum Gasteiger partial charge on any atom is 0.251 e. The summed E-state index contributed by atoms with van der Waals surface area (Å²) in [5.41, 5.74) is 0.527. The Morgan fingerprint density at radius 1 is 1.22 bits per heavy atom. The van der Waals surface area contributed by atoms with E-state index in [9.17, 15) is 9.59 Å². The summed E-state index contributed by atoms with van der Waals surface area (Å²) in [6.45, 7) is 5.04. The summed E-state index contributed by atoms with van der Waals surface area (Å²) in [4.78, 5) is 26.0. The van der Waals surface area contributed by atoms with Crippen molar-refractivity contribution in [3.63, 3.8) is 0 Å². The van der Waals surface area contributed by atoms with Gasteiger partial charge in [-0.2, -0.15) is 0 Å². The van der Waals surface area contributed by atoms with E-state index in [1.165, 1.54) is 0 Å². The molecule has 0 aromatic heterocycles. The number of carbonyl (C=O) groups excluding carboxylic acids is 2. The van der Waals surface area contributed by atoms with Crippen LogP contribution in [-0.2, 0) is 9.53 Å². The van der Waals surface area contributed by atoms with Crippen molar-refractivity contribution >= 4 is 27.7 Å². The third kappa shape index (κ3) is 6.68. The fourth-order valence-corrected chi connectivity index (χ4v) is 2.71. The van der Waals surface area contributed by atoms with E-state index < -0.39 is 0 Å². The number of amides is 2. The zero-order valence-electron chi connectivity index (χ0n) is 13.0. The molecule has 1 heterocycles. The van der Waals surface area contributed by atoms with Gasteiger partial charge in [0, 0.05) is 29.7 Å². The van der Waals surface area contributed by atoms with E-state index in [1.807, 2.05) is 6.07 Å². The van der Waals surface area contributed by atoms with Crippen LogP contribution in [0.2, 0.25) is 0 Å². The molecule has 1 aliphatic rings. The lowest BCUT2D eigenvalue weighted by atomic mass is 10.2. The molecule has 0 saturated carbocycles. The summed E-state index contributed by atoms with van der Waals surface area (Å²) < 4.78 is 6.12. The number of carbonyl (C=O) groups is 2. The second-order valence-corrected chi connectivity index (χ2v) is 6.27. The smallest absolute Gasteiger partial charge is 0.251 e. The average molecular weight is 384 g/mol. The van der Waals surface area contributed by atoms with Crippen LogP contribution in [0.15, 0.2) is 28.7 Å². The van der Waals surface area contributed by atoms with Crippen LogP contribution in [0, 0.1) is 0 Å². The lowest BCUT2D eigenvalue weighted by Crippen LogP contribution is -2.40. The minimum absolute atomic E-state index is 0.0110. The quantitative estimate of drug-likeness (QED) is 0.689. The van der Waals surface area contributed by atoms with Crippen LogP contribution in [0.4, 0.5) is 0 Å². The number of halogens is 1. The number of ether oxygens (including phenoxy) is 1. The van der Waals surface area contributed by atoms with Gasteiger partial charge in [0.15, 0.2) is 0 Å². The van der Waals surface area contributed by atoms with Gasteiger partial charge in [0.25, 0.3) is 5.91 Å². The van der Waals surface area contributed by atoms with E-state index >= 15 is 0 Å². The Morgan fingerprint density at radius 3 is 2.74 bits per heavy atom. The van der Waals surface area contributed by atoms with Crippen molar-refractivity contribution in [2.45, 2.75) is 6.42 Å². The van der Waals surface area contributed by atoms with Crippen LogP contribution >= 0.6 is 15.9 Å². The zero-order chi connectivity index (χ0) is 16.5. The Hall–Kier alpha value is -1.44. The number of nitrogens with one attached hydrogen (secondary N) is 2. The Labute approximate surface area is 144 Å². The molecule has 1 aromatic rings. The van der Waals surface area contributed by atoms with Crippen LogP contribution < -0.4 is 10.6 Å². The minimum Gasteiger partial charge on any atom is -0.379 e. The molecule has 0 atom stereocenters. The van der Waals surface area contributed by atoms with Crippen molar-refractivity contribution in [1.82, 2.24) is 15.5 Å². The van der Waals surface area contributed by atoms with E-state index in [0.717, 1.165) is 43.7 Å². The van der Waals surface area contributed by atoms with Crippen LogP contribution in [0.5, 0.6) is 0 Å². The summed E-state index contributed by atoms with van der Waals surface area (Å²) in [6.07, 6.45) is 0.894. The van der Waals surface area contributed by atoms with Crippen LogP contribution in [-0.4, -0.2) is 62.7 Å². The molecule has 2 amide bonds. The van der Waals surface area contributed by atoms with Crippen molar-refractivity contribution in [2.24, 2.45) is 0 Å². The molecule has 0 spiro atoms. The van der Waals surface area contributed by atoms with E-state index in [-0.39, 0.29) is 18.4 Å². The Bertz CT molecular complexity index is 533. The van der Waals surface area contributed by atoms with Gasteiger partial charge >= 0.3 is 0 Å². The summed E-state index contributed by atoms with van der Waals surface area (Å²) in [5.74, 6) is -0.426. The SMILES string of the molecule is O=C(CNC(=O)c1cccc(Br)c1)NCCCN1CCOCC1. The molecule has 7 heteroatoms. The Balaban J connectivity index is 1.58. The van der Waals surface area contributed by atoms with Gasteiger partial charge in [0.05, 0.1) is 19.8 Å². The van der Waals surface area contributed by atoms with Crippen molar-refractivity contribution < 1.29 is 14.3 Å². The number of hydrogen-bond acceptors (Lipinski definition) is 4. The zero-order valence-corrected chi connectivity index (χ0v) is 14.6.